The zero-order valence-corrected chi connectivity index (χ0v) is 8.43. The molecule has 2 saturated heterocycles. The molecule has 0 spiro atoms. The molecular weight excluding hydrogens is 219 g/mol. The predicted octanol–water partition coefficient (Wildman–Crippen LogP) is -0.800. The van der Waals surface area contributed by atoms with Crippen molar-refractivity contribution in [2.45, 2.75) is 25.2 Å². The van der Waals surface area contributed by atoms with Crippen molar-refractivity contribution in [3.05, 3.63) is 0 Å². The van der Waals surface area contributed by atoms with Crippen LogP contribution >= 0.6 is 0 Å². The maximum absolute atomic E-state index is 13.2. The summed E-state index contributed by atoms with van der Waals surface area (Å²) in [6.45, 7) is 0.00983. The number of fused-ring (bicyclic) bond motifs is 1. The highest BCUT2D eigenvalue weighted by Gasteiger charge is 2.45. The number of piperazine rings is 1. The molecule has 2 atom stereocenters. The van der Waals surface area contributed by atoms with Gasteiger partial charge in [-0.25, -0.2) is 9.18 Å². The van der Waals surface area contributed by atoms with Crippen LogP contribution in [0.25, 0.3) is 0 Å². The molecule has 2 aliphatic rings. The smallest absolute Gasteiger partial charge is 0.359 e. The van der Waals surface area contributed by atoms with E-state index in [4.69, 9.17) is 5.11 Å². The van der Waals surface area contributed by atoms with Crippen molar-refractivity contribution >= 4 is 17.8 Å². The Bertz CT molecular complexity index is 359. The minimum absolute atomic E-state index is 0.383. The summed E-state index contributed by atoms with van der Waals surface area (Å²) >= 11 is 0. The van der Waals surface area contributed by atoms with Crippen molar-refractivity contribution < 1.29 is 23.9 Å². The zero-order valence-electron chi connectivity index (χ0n) is 8.43. The maximum atomic E-state index is 13.2. The van der Waals surface area contributed by atoms with E-state index < -0.39 is 30.8 Å². The van der Waals surface area contributed by atoms with Crippen LogP contribution in [0.1, 0.15) is 12.8 Å². The summed E-state index contributed by atoms with van der Waals surface area (Å²) < 4.78 is 13.2. The number of alkyl halides is 1. The second kappa shape index (κ2) is 3.73. The third-order valence-electron chi connectivity index (χ3n) is 2.92. The molecular formula is C9H11FN2O4. The van der Waals surface area contributed by atoms with E-state index in [1.165, 1.54) is 4.90 Å². The number of hydrogen-bond donors (Lipinski definition) is 1. The second-order valence-electron chi connectivity index (χ2n) is 3.89. The zero-order chi connectivity index (χ0) is 11.9. The lowest BCUT2D eigenvalue weighted by Crippen LogP contribution is -2.60. The van der Waals surface area contributed by atoms with Crippen LogP contribution in [0.5, 0.6) is 0 Å². The van der Waals surface area contributed by atoms with Crippen LogP contribution in [0.4, 0.5) is 4.39 Å². The van der Waals surface area contributed by atoms with Crippen molar-refractivity contribution in [1.82, 2.24) is 9.80 Å². The number of carboxylic acid groups (broad SMARTS) is 1. The van der Waals surface area contributed by atoms with Gasteiger partial charge in [-0.2, -0.15) is 0 Å². The number of amides is 2. The first kappa shape index (κ1) is 10.8. The van der Waals surface area contributed by atoms with E-state index in [0.717, 1.165) is 0 Å². The molecule has 2 unspecified atom stereocenters. The molecule has 16 heavy (non-hydrogen) atoms. The Labute approximate surface area is 90.6 Å². The maximum Gasteiger partial charge on any atom is 0.359 e. The standard InChI is InChI=1S/C9H11FN2O4/c10-7(9(15)16)12-4-6(13)11-3-1-2-5(11)8(12)14/h5,7H,1-4H2,(H,15,16). The van der Waals surface area contributed by atoms with Crippen molar-refractivity contribution in [3.63, 3.8) is 0 Å². The summed E-state index contributed by atoms with van der Waals surface area (Å²) in [4.78, 5) is 35.6. The van der Waals surface area contributed by atoms with E-state index in [0.29, 0.717) is 24.3 Å². The number of carbonyl (C=O) groups is 3. The molecule has 0 aliphatic carbocycles. The first-order valence-electron chi connectivity index (χ1n) is 4.99. The number of halogens is 1. The quantitative estimate of drug-likeness (QED) is 0.630. The van der Waals surface area contributed by atoms with Gasteiger partial charge in [-0.05, 0) is 12.8 Å². The molecule has 2 heterocycles. The van der Waals surface area contributed by atoms with Gasteiger partial charge in [0.1, 0.15) is 12.6 Å². The topological polar surface area (TPSA) is 77.9 Å². The molecule has 0 aromatic rings. The summed E-state index contributed by atoms with van der Waals surface area (Å²) in [5.74, 6) is -2.73. The molecule has 2 fully saturated rings. The van der Waals surface area contributed by atoms with Gasteiger partial charge in [0.2, 0.25) is 11.8 Å². The fraction of sp³-hybridized carbons (Fsp3) is 0.667. The van der Waals surface area contributed by atoms with E-state index in [1.54, 1.807) is 0 Å². The van der Waals surface area contributed by atoms with Gasteiger partial charge in [0, 0.05) is 6.54 Å². The summed E-state index contributed by atoms with van der Waals surface area (Å²) in [6, 6.07) is -0.668. The molecule has 2 rings (SSSR count). The molecule has 1 N–H and O–H groups in total. The van der Waals surface area contributed by atoms with Gasteiger partial charge >= 0.3 is 5.97 Å². The third kappa shape index (κ3) is 1.52. The first-order chi connectivity index (χ1) is 7.52. The van der Waals surface area contributed by atoms with Gasteiger partial charge in [0.05, 0.1) is 0 Å². The lowest BCUT2D eigenvalue weighted by molar-refractivity contribution is -0.168. The highest BCUT2D eigenvalue weighted by Crippen LogP contribution is 2.25. The SMILES string of the molecule is O=C(O)C(F)N1CC(=O)N2CCCC2C1=O. The average Bonchev–Trinajstić information content (AvgIpc) is 2.71. The van der Waals surface area contributed by atoms with Crippen molar-refractivity contribution in [2.24, 2.45) is 0 Å². The van der Waals surface area contributed by atoms with Gasteiger partial charge < -0.3 is 10.0 Å². The molecule has 0 aromatic heterocycles. The number of hydrogen-bond acceptors (Lipinski definition) is 3. The van der Waals surface area contributed by atoms with Crippen LogP contribution in [-0.4, -0.2) is 58.1 Å². The van der Waals surface area contributed by atoms with Gasteiger partial charge in [-0.3, -0.25) is 14.5 Å². The Balaban J connectivity index is 2.20. The molecule has 2 amide bonds. The minimum Gasteiger partial charge on any atom is -0.478 e. The van der Waals surface area contributed by atoms with E-state index in [1.807, 2.05) is 0 Å². The Kier molecular flexibility index (Phi) is 2.53. The fourth-order valence-electron chi connectivity index (χ4n) is 2.15. The van der Waals surface area contributed by atoms with E-state index >= 15 is 0 Å². The monoisotopic (exact) mass is 230 g/mol. The van der Waals surface area contributed by atoms with Gasteiger partial charge in [0.15, 0.2) is 0 Å². The largest absolute Gasteiger partial charge is 0.478 e. The average molecular weight is 230 g/mol. The van der Waals surface area contributed by atoms with Crippen molar-refractivity contribution in [3.8, 4) is 0 Å². The fourth-order valence-corrected chi connectivity index (χ4v) is 2.15. The molecule has 0 saturated carbocycles. The molecule has 6 nitrogen and oxygen atoms in total. The third-order valence-corrected chi connectivity index (χ3v) is 2.92. The van der Waals surface area contributed by atoms with Crippen LogP contribution in [0.2, 0.25) is 0 Å². The minimum atomic E-state index is -2.43. The second-order valence-corrected chi connectivity index (χ2v) is 3.89. The van der Waals surface area contributed by atoms with E-state index in [9.17, 15) is 18.8 Å². The van der Waals surface area contributed by atoms with E-state index in [-0.39, 0.29) is 5.91 Å². The van der Waals surface area contributed by atoms with E-state index in [2.05, 4.69) is 0 Å². The summed E-state index contributed by atoms with van der Waals surface area (Å²) in [5.41, 5.74) is 0. The van der Waals surface area contributed by atoms with Crippen LogP contribution in [0.15, 0.2) is 0 Å². The molecule has 0 aromatic carbocycles. The van der Waals surface area contributed by atoms with Gasteiger partial charge in [-0.15, -0.1) is 0 Å². The predicted molar refractivity (Wildman–Crippen MR) is 49.0 cm³/mol. The number of aliphatic carboxylic acids is 1. The highest BCUT2D eigenvalue weighted by atomic mass is 19.1. The van der Waals surface area contributed by atoms with Crippen LogP contribution < -0.4 is 0 Å². The number of carbonyl (C=O) groups excluding carboxylic acids is 2. The lowest BCUT2D eigenvalue weighted by Gasteiger charge is -2.36. The summed E-state index contributed by atoms with van der Waals surface area (Å²) in [7, 11) is 0. The molecule has 0 radical (unpaired) electrons. The summed E-state index contributed by atoms with van der Waals surface area (Å²) in [6.07, 6.45) is -1.26. The normalized spacial score (nSPS) is 26.9. The Morgan fingerprint density at radius 3 is 2.81 bits per heavy atom. The lowest BCUT2D eigenvalue weighted by atomic mass is 10.1. The number of carboxylic acids is 1. The first-order valence-corrected chi connectivity index (χ1v) is 4.99. The Hall–Kier alpha value is -1.66. The van der Waals surface area contributed by atoms with Crippen LogP contribution in [0, 0.1) is 0 Å². The van der Waals surface area contributed by atoms with Gasteiger partial charge in [0.25, 0.3) is 6.30 Å². The van der Waals surface area contributed by atoms with Crippen LogP contribution in [0.3, 0.4) is 0 Å². The van der Waals surface area contributed by atoms with Crippen molar-refractivity contribution in [1.29, 1.82) is 0 Å². The number of nitrogens with zero attached hydrogens (tertiary/aromatic N) is 2. The molecule has 0 bridgehead atoms. The number of rotatable bonds is 2. The van der Waals surface area contributed by atoms with Gasteiger partial charge in [-0.1, -0.05) is 0 Å². The van der Waals surface area contributed by atoms with Crippen molar-refractivity contribution in [2.75, 3.05) is 13.1 Å². The Morgan fingerprint density at radius 2 is 2.19 bits per heavy atom. The molecule has 88 valence electrons. The summed E-state index contributed by atoms with van der Waals surface area (Å²) in [5, 5.41) is 8.48. The molecule has 2 aliphatic heterocycles. The molecule has 7 heteroatoms. The Morgan fingerprint density at radius 1 is 1.50 bits per heavy atom. The van der Waals surface area contributed by atoms with Crippen LogP contribution in [-0.2, 0) is 14.4 Å². The highest BCUT2D eigenvalue weighted by molar-refractivity contribution is 5.97.